The number of hydrogen-bond donors (Lipinski definition) is 5. The zero-order valence-corrected chi connectivity index (χ0v) is 24.4. The predicted molar refractivity (Wildman–Crippen MR) is 153 cm³/mol. The number of aryl methyl sites for hydroxylation is 2. The Bertz CT molecular complexity index is 1320. The average molecular weight is 603 g/mol. The Balaban J connectivity index is 0.000000331. The number of likely N-dealkylation sites (tertiary alicyclic amines) is 1. The fraction of sp³-hybridized carbons (Fsp3) is 0.484. The molecule has 43 heavy (non-hydrogen) atoms. The Morgan fingerprint density at radius 2 is 1.53 bits per heavy atom. The van der Waals surface area contributed by atoms with Crippen LogP contribution in [-0.2, 0) is 44.1 Å². The number of carbonyl (C=O) groups excluding carboxylic acids is 1. The van der Waals surface area contributed by atoms with Crippen molar-refractivity contribution in [2.45, 2.75) is 76.0 Å². The van der Waals surface area contributed by atoms with Crippen molar-refractivity contribution in [3.8, 4) is 5.75 Å². The van der Waals surface area contributed by atoms with Gasteiger partial charge in [0.2, 0.25) is 5.91 Å². The van der Waals surface area contributed by atoms with Gasteiger partial charge in [0.05, 0.1) is 25.5 Å². The van der Waals surface area contributed by atoms with Crippen LogP contribution in [0.4, 0.5) is 4.39 Å². The van der Waals surface area contributed by atoms with Crippen molar-refractivity contribution in [2.75, 3.05) is 20.2 Å². The van der Waals surface area contributed by atoms with Gasteiger partial charge in [-0.25, -0.2) is 9.18 Å². The molecule has 0 spiro atoms. The number of carbonyl (C=O) groups is 4. The summed E-state index contributed by atoms with van der Waals surface area (Å²) in [4.78, 5) is 44.8. The van der Waals surface area contributed by atoms with Gasteiger partial charge in [0.15, 0.2) is 5.60 Å². The molecular weight excluding hydrogens is 563 g/mol. The summed E-state index contributed by atoms with van der Waals surface area (Å²) in [5, 5.41) is 36.9. The molecule has 0 bridgehead atoms. The molecule has 2 aromatic rings. The molecule has 4 rings (SSSR count). The van der Waals surface area contributed by atoms with Crippen LogP contribution in [0.1, 0.15) is 67.7 Å². The van der Waals surface area contributed by atoms with Crippen LogP contribution >= 0.6 is 0 Å². The molecule has 2 aromatic carbocycles. The molecule has 1 aliphatic carbocycles. The number of aliphatic carboxylic acids is 3. The maximum Gasteiger partial charge on any atom is 0.336 e. The fourth-order valence-electron chi connectivity index (χ4n) is 5.82. The molecular formula is C31H39FN2O9. The van der Waals surface area contributed by atoms with Crippen LogP contribution in [0.15, 0.2) is 36.4 Å². The zero-order valence-electron chi connectivity index (χ0n) is 24.4. The lowest BCUT2D eigenvalue weighted by molar-refractivity contribution is -0.170. The van der Waals surface area contributed by atoms with Crippen molar-refractivity contribution in [1.29, 1.82) is 0 Å². The van der Waals surface area contributed by atoms with Gasteiger partial charge in [0.25, 0.3) is 0 Å². The van der Waals surface area contributed by atoms with Crippen molar-refractivity contribution >= 4 is 23.8 Å². The molecule has 0 radical (unpaired) electrons. The first-order valence-electron chi connectivity index (χ1n) is 14.1. The summed E-state index contributed by atoms with van der Waals surface area (Å²) in [6.45, 7) is 3.89. The van der Waals surface area contributed by atoms with Crippen LogP contribution in [0.2, 0.25) is 0 Å². The molecule has 1 fully saturated rings. The molecule has 5 N–H and O–H groups in total. The minimum atomic E-state index is -2.74. The lowest BCUT2D eigenvalue weighted by atomic mass is 9.80. The van der Waals surface area contributed by atoms with Crippen molar-refractivity contribution in [3.05, 3.63) is 64.5 Å². The van der Waals surface area contributed by atoms with Crippen molar-refractivity contribution < 1.29 is 48.7 Å². The van der Waals surface area contributed by atoms with Crippen molar-refractivity contribution in [2.24, 2.45) is 0 Å². The number of aliphatic hydroxyl groups is 1. The quantitative estimate of drug-likeness (QED) is 0.272. The predicted octanol–water partition coefficient (Wildman–Crippen LogP) is 3.09. The number of nitrogens with zero attached hydrogens (tertiary/aromatic N) is 1. The molecule has 234 valence electrons. The first kappa shape index (κ1) is 33.5. The highest BCUT2D eigenvalue weighted by atomic mass is 19.1. The molecule has 0 saturated carbocycles. The molecule has 12 heteroatoms. The molecule has 11 nitrogen and oxygen atoms in total. The largest absolute Gasteiger partial charge is 0.496 e. The van der Waals surface area contributed by atoms with Crippen LogP contribution < -0.4 is 10.1 Å². The number of carboxylic acid groups (broad SMARTS) is 3. The van der Waals surface area contributed by atoms with Crippen molar-refractivity contribution in [3.63, 3.8) is 0 Å². The van der Waals surface area contributed by atoms with E-state index in [4.69, 9.17) is 25.2 Å². The van der Waals surface area contributed by atoms with E-state index >= 15 is 0 Å². The van der Waals surface area contributed by atoms with Gasteiger partial charge in [0, 0.05) is 37.7 Å². The summed E-state index contributed by atoms with van der Waals surface area (Å²) in [5.41, 5.74) is 1.30. The van der Waals surface area contributed by atoms with Gasteiger partial charge in [-0.2, -0.15) is 0 Å². The Kier molecular flexibility index (Phi) is 11.2. The molecule has 2 aliphatic rings. The van der Waals surface area contributed by atoms with Crippen molar-refractivity contribution in [1.82, 2.24) is 10.2 Å². The maximum atomic E-state index is 14.6. The monoisotopic (exact) mass is 602 g/mol. The van der Waals surface area contributed by atoms with Gasteiger partial charge in [-0.05, 0) is 61.8 Å². The number of halogens is 1. The molecule has 0 atom stereocenters. The van der Waals surface area contributed by atoms with Gasteiger partial charge in [-0.15, -0.1) is 0 Å². The number of nitrogens with one attached hydrogen (secondary N) is 1. The van der Waals surface area contributed by atoms with Crippen LogP contribution in [0.25, 0.3) is 0 Å². The molecule has 1 heterocycles. The topological polar surface area (TPSA) is 174 Å². The van der Waals surface area contributed by atoms with E-state index in [1.165, 1.54) is 42.5 Å². The minimum absolute atomic E-state index is 0.122. The number of methoxy groups -OCH3 is 1. The summed E-state index contributed by atoms with van der Waals surface area (Å²) < 4.78 is 20.3. The van der Waals surface area contributed by atoms with Gasteiger partial charge >= 0.3 is 17.9 Å². The summed E-state index contributed by atoms with van der Waals surface area (Å²) in [7, 11) is 1.74. The number of hydrogen-bond acceptors (Lipinski definition) is 7. The van der Waals surface area contributed by atoms with E-state index in [1.807, 2.05) is 6.07 Å². The highest BCUT2D eigenvalue weighted by Gasteiger charge is 2.41. The number of benzene rings is 2. The van der Waals surface area contributed by atoms with E-state index in [0.29, 0.717) is 18.4 Å². The van der Waals surface area contributed by atoms with Gasteiger partial charge < -0.3 is 30.5 Å². The van der Waals surface area contributed by atoms with E-state index in [9.17, 15) is 23.6 Å². The Morgan fingerprint density at radius 3 is 2.02 bits per heavy atom. The second kappa shape index (κ2) is 14.4. The molecule has 1 amide bonds. The second-order valence-corrected chi connectivity index (χ2v) is 11.1. The smallest absolute Gasteiger partial charge is 0.336 e. The normalized spacial score (nSPS) is 16.2. The maximum absolute atomic E-state index is 14.6. The van der Waals surface area contributed by atoms with Crippen LogP contribution in [0.5, 0.6) is 5.75 Å². The van der Waals surface area contributed by atoms with E-state index < -0.39 is 41.9 Å². The van der Waals surface area contributed by atoms with E-state index in [2.05, 4.69) is 22.3 Å². The summed E-state index contributed by atoms with van der Waals surface area (Å²) in [6, 6.07) is 11.3. The van der Waals surface area contributed by atoms with Crippen LogP contribution in [0, 0.1) is 5.82 Å². The fourth-order valence-corrected chi connectivity index (χ4v) is 5.82. The number of amides is 1. The van der Waals surface area contributed by atoms with E-state index in [0.717, 1.165) is 38.2 Å². The lowest BCUT2D eigenvalue weighted by Gasteiger charge is -2.43. The Labute approximate surface area is 249 Å². The Morgan fingerprint density at radius 1 is 0.977 bits per heavy atom. The summed E-state index contributed by atoms with van der Waals surface area (Å²) in [5.74, 6) is -4.43. The SMILES string of the molecule is COc1cc2c(cc1CN1CCC(NC(C)=O)(c3ccccc3F)CC1)CCCC2.O=C(O)CC(O)(CC(=O)O)C(=O)O. The lowest BCUT2D eigenvalue weighted by Crippen LogP contribution is -2.52. The molecule has 1 aliphatic heterocycles. The highest BCUT2D eigenvalue weighted by Crippen LogP contribution is 2.36. The number of rotatable bonds is 10. The molecule has 1 saturated heterocycles. The third kappa shape index (κ3) is 8.74. The summed E-state index contributed by atoms with van der Waals surface area (Å²) >= 11 is 0. The van der Waals surface area contributed by atoms with Crippen LogP contribution in [0.3, 0.4) is 0 Å². The summed E-state index contributed by atoms with van der Waals surface area (Å²) in [6.07, 6.45) is 3.86. The third-order valence-corrected chi connectivity index (χ3v) is 7.94. The van der Waals surface area contributed by atoms with Gasteiger partial charge in [0.1, 0.15) is 11.6 Å². The average Bonchev–Trinajstić information content (AvgIpc) is 2.93. The standard InChI is InChI=1S/C25H31FN2O2.C6H8O7/c1-18(29)27-25(22-9-5-6-10-23(22)26)11-13-28(14-12-25)17-21-15-19-7-3-4-8-20(19)16-24(21)30-2;7-3(8)1-6(13,5(11)12)2-4(9)10/h5-6,9-10,15-16H,3-4,7-8,11-14,17H2,1-2H3,(H,27,29);13H,1-2H2,(H,7,8)(H,9,10)(H,11,12). The first-order valence-corrected chi connectivity index (χ1v) is 14.1. The molecule has 0 aromatic heterocycles. The van der Waals surface area contributed by atoms with Crippen LogP contribution in [-0.4, -0.2) is 74.9 Å². The molecule has 0 unspecified atom stereocenters. The van der Waals surface area contributed by atoms with Gasteiger partial charge in [-0.3, -0.25) is 19.3 Å². The highest BCUT2D eigenvalue weighted by molar-refractivity contribution is 5.88. The number of carboxylic acids is 3. The van der Waals surface area contributed by atoms with E-state index in [-0.39, 0.29) is 11.7 Å². The van der Waals surface area contributed by atoms with Gasteiger partial charge in [-0.1, -0.05) is 24.3 Å². The zero-order chi connectivity index (χ0) is 31.8. The minimum Gasteiger partial charge on any atom is -0.496 e. The number of ether oxygens (including phenoxy) is 1. The third-order valence-electron chi connectivity index (χ3n) is 7.94. The number of fused-ring (bicyclic) bond motifs is 1. The Hall–Kier alpha value is -4.03. The second-order valence-electron chi connectivity index (χ2n) is 11.1. The first-order chi connectivity index (χ1) is 20.3. The van der Waals surface area contributed by atoms with E-state index in [1.54, 1.807) is 19.2 Å². The number of piperidine rings is 1.